The van der Waals surface area contributed by atoms with E-state index in [-0.39, 0.29) is 17.3 Å². The van der Waals surface area contributed by atoms with Crippen LogP contribution in [0.25, 0.3) is 0 Å². The molecule has 0 spiro atoms. The lowest BCUT2D eigenvalue weighted by Crippen LogP contribution is -2.36. The molecule has 94 valence electrons. The average Bonchev–Trinajstić information content (AvgIpc) is 2.29. The maximum absolute atomic E-state index is 13.6. The summed E-state index contributed by atoms with van der Waals surface area (Å²) in [6.45, 7) is 1.53. The van der Waals surface area contributed by atoms with Gasteiger partial charge in [-0.1, -0.05) is 12.8 Å². The molecule has 1 fully saturated rings. The predicted octanol–water partition coefficient (Wildman–Crippen LogP) is 2.99. The molecule has 0 bridgehead atoms. The Labute approximate surface area is 99.7 Å². The molecule has 2 rings (SSSR count). The van der Waals surface area contributed by atoms with Crippen LogP contribution in [0.1, 0.15) is 31.2 Å². The molecule has 17 heavy (non-hydrogen) atoms. The molecule has 2 N–H and O–H groups in total. The molecule has 2 nitrogen and oxygen atoms in total. The number of anilines is 1. The minimum absolute atomic E-state index is 0.138. The summed E-state index contributed by atoms with van der Waals surface area (Å²) in [6, 6.07) is 2.15. The molecule has 1 aromatic carbocycles. The third-order valence-electron chi connectivity index (χ3n) is 3.32. The zero-order valence-electron chi connectivity index (χ0n) is 9.84. The first-order valence-corrected chi connectivity index (χ1v) is 5.98. The van der Waals surface area contributed by atoms with Gasteiger partial charge in [0, 0.05) is 6.07 Å². The summed E-state index contributed by atoms with van der Waals surface area (Å²) in [4.78, 5) is 0. The Kier molecular flexibility index (Phi) is 3.62. The third-order valence-corrected chi connectivity index (χ3v) is 3.32. The van der Waals surface area contributed by atoms with Gasteiger partial charge in [0.05, 0.1) is 17.8 Å². The zero-order valence-corrected chi connectivity index (χ0v) is 9.84. The molecule has 2 unspecified atom stereocenters. The van der Waals surface area contributed by atoms with Crippen molar-refractivity contribution in [2.24, 2.45) is 0 Å². The van der Waals surface area contributed by atoms with E-state index in [9.17, 15) is 13.9 Å². The van der Waals surface area contributed by atoms with Crippen LogP contribution in [0, 0.1) is 18.6 Å². The van der Waals surface area contributed by atoms with Gasteiger partial charge in [-0.2, -0.15) is 0 Å². The van der Waals surface area contributed by atoms with E-state index in [1.165, 1.54) is 13.0 Å². The molecule has 1 saturated carbocycles. The standard InChI is InChI=1S/C13H17F2NO/c1-8-6-10(15)12(7-9(8)14)16-11-4-2-3-5-13(11)17/h6-7,11,13,16-17H,2-5H2,1H3. The first-order valence-electron chi connectivity index (χ1n) is 5.98. The number of rotatable bonds is 2. The molecule has 1 aromatic rings. The molecule has 1 aliphatic carbocycles. The van der Waals surface area contributed by atoms with Gasteiger partial charge < -0.3 is 10.4 Å². The minimum Gasteiger partial charge on any atom is -0.391 e. The summed E-state index contributed by atoms with van der Waals surface area (Å²) >= 11 is 0. The number of aliphatic hydroxyl groups excluding tert-OH is 1. The normalized spacial score (nSPS) is 24.7. The summed E-state index contributed by atoms with van der Waals surface area (Å²) in [5.74, 6) is -0.902. The largest absolute Gasteiger partial charge is 0.391 e. The molecule has 0 saturated heterocycles. The minimum atomic E-state index is -0.479. The van der Waals surface area contributed by atoms with E-state index in [1.54, 1.807) is 0 Å². The number of hydrogen-bond acceptors (Lipinski definition) is 2. The van der Waals surface area contributed by atoms with E-state index in [1.807, 2.05) is 0 Å². The lowest BCUT2D eigenvalue weighted by molar-refractivity contribution is 0.116. The molecule has 0 aromatic heterocycles. The molecule has 0 aliphatic heterocycles. The highest BCUT2D eigenvalue weighted by molar-refractivity contribution is 5.48. The van der Waals surface area contributed by atoms with Crippen LogP contribution in [0.3, 0.4) is 0 Å². The Morgan fingerprint density at radius 1 is 1.18 bits per heavy atom. The molecule has 0 amide bonds. The van der Waals surface area contributed by atoms with Gasteiger partial charge >= 0.3 is 0 Å². The van der Waals surface area contributed by atoms with Crippen molar-refractivity contribution >= 4 is 5.69 Å². The number of hydrogen-bond donors (Lipinski definition) is 2. The van der Waals surface area contributed by atoms with E-state index in [4.69, 9.17) is 0 Å². The number of aliphatic hydroxyl groups is 1. The van der Waals surface area contributed by atoms with Crippen molar-refractivity contribution in [1.82, 2.24) is 0 Å². The van der Waals surface area contributed by atoms with Gasteiger partial charge in [0.25, 0.3) is 0 Å². The van der Waals surface area contributed by atoms with Crippen LogP contribution in [0.15, 0.2) is 12.1 Å². The van der Waals surface area contributed by atoms with E-state index in [2.05, 4.69) is 5.32 Å². The summed E-state index contributed by atoms with van der Waals surface area (Å²) in [5, 5.41) is 12.7. The highest BCUT2D eigenvalue weighted by Gasteiger charge is 2.23. The van der Waals surface area contributed by atoms with Crippen molar-refractivity contribution in [3.05, 3.63) is 29.3 Å². The first-order chi connectivity index (χ1) is 8.08. The van der Waals surface area contributed by atoms with Crippen molar-refractivity contribution in [2.45, 2.75) is 44.8 Å². The van der Waals surface area contributed by atoms with Crippen molar-refractivity contribution in [2.75, 3.05) is 5.32 Å². The van der Waals surface area contributed by atoms with E-state index in [0.29, 0.717) is 6.42 Å². The molecule has 1 aliphatic rings. The maximum Gasteiger partial charge on any atom is 0.146 e. The average molecular weight is 241 g/mol. The molecule has 0 radical (unpaired) electrons. The highest BCUT2D eigenvalue weighted by atomic mass is 19.1. The molecular weight excluding hydrogens is 224 g/mol. The quantitative estimate of drug-likeness (QED) is 0.834. The monoisotopic (exact) mass is 241 g/mol. The van der Waals surface area contributed by atoms with Crippen molar-refractivity contribution in [1.29, 1.82) is 0 Å². The summed E-state index contributed by atoms with van der Waals surface area (Å²) in [6.07, 6.45) is 3.02. The topological polar surface area (TPSA) is 32.3 Å². The van der Waals surface area contributed by atoms with Gasteiger partial charge in [-0.15, -0.1) is 0 Å². The number of halogens is 2. The lowest BCUT2D eigenvalue weighted by atomic mass is 9.92. The van der Waals surface area contributed by atoms with Crippen LogP contribution < -0.4 is 5.32 Å². The fourth-order valence-corrected chi connectivity index (χ4v) is 2.24. The second-order valence-electron chi connectivity index (χ2n) is 4.68. The van der Waals surface area contributed by atoms with Crippen LogP contribution in [0.2, 0.25) is 0 Å². The van der Waals surface area contributed by atoms with Crippen LogP contribution in [-0.4, -0.2) is 17.3 Å². The fourth-order valence-electron chi connectivity index (χ4n) is 2.24. The van der Waals surface area contributed by atoms with Gasteiger partial charge in [0.2, 0.25) is 0 Å². The van der Waals surface area contributed by atoms with Crippen molar-refractivity contribution in [3.8, 4) is 0 Å². The lowest BCUT2D eigenvalue weighted by Gasteiger charge is -2.29. The predicted molar refractivity (Wildman–Crippen MR) is 63.0 cm³/mol. The van der Waals surface area contributed by atoms with Crippen LogP contribution in [0.5, 0.6) is 0 Å². The fraction of sp³-hybridized carbons (Fsp3) is 0.538. The highest BCUT2D eigenvalue weighted by Crippen LogP contribution is 2.25. The molecular formula is C13H17F2NO. The van der Waals surface area contributed by atoms with E-state index < -0.39 is 17.7 Å². The van der Waals surface area contributed by atoms with Crippen LogP contribution in [0.4, 0.5) is 14.5 Å². The van der Waals surface area contributed by atoms with Gasteiger partial charge in [-0.05, 0) is 31.4 Å². The molecule has 4 heteroatoms. The van der Waals surface area contributed by atoms with E-state index >= 15 is 0 Å². The Balaban J connectivity index is 2.15. The molecule has 2 atom stereocenters. The van der Waals surface area contributed by atoms with Crippen LogP contribution in [-0.2, 0) is 0 Å². The SMILES string of the molecule is Cc1cc(F)c(NC2CCCCC2O)cc1F. The number of nitrogens with one attached hydrogen (secondary N) is 1. The second kappa shape index (κ2) is 5.00. The van der Waals surface area contributed by atoms with Gasteiger partial charge in [-0.3, -0.25) is 0 Å². The van der Waals surface area contributed by atoms with Gasteiger partial charge in [0.1, 0.15) is 11.6 Å². The smallest absolute Gasteiger partial charge is 0.146 e. The number of benzene rings is 1. The Hall–Kier alpha value is -1.16. The Morgan fingerprint density at radius 2 is 1.88 bits per heavy atom. The maximum atomic E-state index is 13.6. The summed E-state index contributed by atoms with van der Waals surface area (Å²) in [7, 11) is 0. The first kappa shape index (κ1) is 12.3. The van der Waals surface area contributed by atoms with Crippen molar-refractivity contribution < 1.29 is 13.9 Å². The van der Waals surface area contributed by atoms with Gasteiger partial charge in [0.15, 0.2) is 0 Å². The third kappa shape index (κ3) is 2.75. The molecule has 0 heterocycles. The second-order valence-corrected chi connectivity index (χ2v) is 4.68. The van der Waals surface area contributed by atoms with Crippen molar-refractivity contribution in [3.63, 3.8) is 0 Å². The summed E-state index contributed by atoms with van der Waals surface area (Å²) in [5.41, 5.74) is 0.427. The van der Waals surface area contributed by atoms with Gasteiger partial charge in [-0.25, -0.2) is 8.78 Å². The number of aryl methyl sites for hydroxylation is 1. The van der Waals surface area contributed by atoms with E-state index in [0.717, 1.165) is 25.3 Å². The Morgan fingerprint density at radius 3 is 2.59 bits per heavy atom. The van der Waals surface area contributed by atoms with Crippen LogP contribution >= 0.6 is 0 Å². The summed E-state index contributed by atoms with van der Waals surface area (Å²) < 4.78 is 26.9. The Bertz CT molecular complexity index is 409. The zero-order chi connectivity index (χ0) is 12.4.